The van der Waals surface area contributed by atoms with Crippen LogP contribution in [0.3, 0.4) is 0 Å². The van der Waals surface area contributed by atoms with Gasteiger partial charge in [0, 0.05) is 12.1 Å². The molecule has 1 N–H and O–H groups in total. The van der Waals surface area contributed by atoms with Crippen molar-refractivity contribution in [2.24, 2.45) is 0 Å². The summed E-state index contributed by atoms with van der Waals surface area (Å²) in [4.78, 5) is 28.3. The Morgan fingerprint density at radius 2 is 1.71 bits per heavy atom. The van der Waals surface area contributed by atoms with Crippen LogP contribution in [0.5, 0.6) is 11.5 Å². The van der Waals surface area contributed by atoms with Crippen LogP contribution in [0, 0.1) is 0 Å². The number of nitrogens with one attached hydrogen (secondary N) is 1. The summed E-state index contributed by atoms with van der Waals surface area (Å²) in [6.07, 6.45) is -3.07. The highest BCUT2D eigenvalue weighted by atomic mass is 19.4. The zero-order valence-electron chi connectivity index (χ0n) is 16.7. The lowest BCUT2D eigenvalue weighted by Crippen LogP contribution is -2.34. The van der Waals surface area contributed by atoms with Crippen molar-refractivity contribution in [3.05, 3.63) is 47.8 Å². The van der Waals surface area contributed by atoms with Crippen LogP contribution < -0.4 is 14.8 Å². The molecule has 0 fully saturated rings. The summed E-state index contributed by atoms with van der Waals surface area (Å²) in [5.41, 5.74) is 1.77. The Hall–Kier alpha value is -3.76. The molecule has 1 aromatic heterocycles. The van der Waals surface area contributed by atoms with Crippen LogP contribution in [-0.4, -0.2) is 55.5 Å². The second kappa shape index (κ2) is 8.54. The number of hydrogen-bond donors (Lipinski definition) is 1. The number of rotatable bonds is 6. The summed E-state index contributed by atoms with van der Waals surface area (Å²) in [6.45, 7) is -1.49. The normalized spacial score (nSPS) is 11.3. The summed E-state index contributed by atoms with van der Waals surface area (Å²) in [5.74, 6) is -1.46. The van der Waals surface area contributed by atoms with E-state index in [1.165, 1.54) is 39.8 Å². The number of carbonyl (C=O) groups excluding carboxylic acids is 2. The molecule has 0 aliphatic rings. The maximum Gasteiger partial charge on any atom is 0.405 e. The van der Waals surface area contributed by atoms with Gasteiger partial charge in [0.05, 0.1) is 43.6 Å². The van der Waals surface area contributed by atoms with Gasteiger partial charge in [-0.25, -0.2) is 9.78 Å². The largest absolute Gasteiger partial charge is 0.496 e. The molecule has 0 unspecified atom stereocenters. The third kappa shape index (κ3) is 4.55. The highest BCUT2D eigenvalue weighted by molar-refractivity contribution is 6.00. The topological polar surface area (TPSA) is 91.7 Å². The quantitative estimate of drug-likeness (QED) is 0.596. The van der Waals surface area contributed by atoms with E-state index in [4.69, 9.17) is 14.2 Å². The number of aromatic nitrogens is 2. The molecule has 3 aromatic rings. The Kier molecular flexibility index (Phi) is 6.04. The van der Waals surface area contributed by atoms with E-state index in [1.807, 2.05) is 5.32 Å². The van der Waals surface area contributed by atoms with E-state index in [1.54, 1.807) is 22.8 Å². The first-order chi connectivity index (χ1) is 14.7. The van der Waals surface area contributed by atoms with E-state index < -0.39 is 24.6 Å². The maximum absolute atomic E-state index is 12.5. The summed E-state index contributed by atoms with van der Waals surface area (Å²) >= 11 is 0. The first-order valence-electron chi connectivity index (χ1n) is 8.85. The summed E-state index contributed by atoms with van der Waals surface area (Å²) < 4.78 is 54.3. The lowest BCUT2D eigenvalue weighted by molar-refractivity contribution is -0.123. The minimum atomic E-state index is -4.56. The lowest BCUT2D eigenvalue weighted by Gasteiger charge is -2.16. The minimum Gasteiger partial charge on any atom is -0.496 e. The molecular formula is C20H18F3N3O5. The lowest BCUT2D eigenvalue weighted by atomic mass is 10.1. The molecule has 1 heterocycles. The first kappa shape index (κ1) is 21.9. The van der Waals surface area contributed by atoms with Gasteiger partial charge in [-0.1, -0.05) is 0 Å². The van der Waals surface area contributed by atoms with Crippen LogP contribution in [0.15, 0.2) is 36.7 Å². The standard InChI is InChI=1S/C20H18F3N3O5/c1-29-15-7-12(8-16(30-2)17(15)18(27)24-9-20(21,22)23)26-10-25-13-6-11(19(28)31-3)4-5-14(13)26/h4-8,10H,9H2,1-3H3,(H,24,27). The third-order valence-electron chi connectivity index (χ3n) is 4.41. The van der Waals surface area contributed by atoms with Gasteiger partial charge in [-0.2, -0.15) is 13.2 Å². The zero-order valence-corrected chi connectivity index (χ0v) is 16.7. The Labute approximate surface area is 174 Å². The number of benzene rings is 2. The molecule has 0 aliphatic carbocycles. The number of esters is 1. The van der Waals surface area contributed by atoms with Crippen LogP contribution in [0.4, 0.5) is 13.2 Å². The highest BCUT2D eigenvalue weighted by Crippen LogP contribution is 2.33. The van der Waals surface area contributed by atoms with Crippen LogP contribution in [0.1, 0.15) is 20.7 Å². The molecular weight excluding hydrogens is 419 g/mol. The van der Waals surface area contributed by atoms with Crippen LogP contribution >= 0.6 is 0 Å². The number of fused-ring (bicyclic) bond motifs is 1. The van der Waals surface area contributed by atoms with Gasteiger partial charge < -0.3 is 19.5 Å². The van der Waals surface area contributed by atoms with Crippen LogP contribution in [0.25, 0.3) is 16.7 Å². The molecule has 8 nitrogen and oxygen atoms in total. The average molecular weight is 437 g/mol. The molecule has 164 valence electrons. The number of hydrogen-bond acceptors (Lipinski definition) is 6. The number of imidazole rings is 1. The Balaban J connectivity index is 2.05. The number of ether oxygens (including phenoxy) is 3. The fraction of sp³-hybridized carbons (Fsp3) is 0.250. The number of nitrogens with zero attached hydrogens (tertiary/aromatic N) is 2. The molecule has 0 bridgehead atoms. The van der Waals surface area contributed by atoms with Crippen molar-refractivity contribution in [2.75, 3.05) is 27.9 Å². The predicted molar refractivity (Wildman–Crippen MR) is 104 cm³/mol. The molecule has 2 aromatic carbocycles. The molecule has 0 spiro atoms. The SMILES string of the molecule is COC(=O)c1ccc2c(c1)ncn2-c1cc(OC)c(C(=O)NCC(F)(F)F)c(OC)c1. The van der Waals surface area contributed by atoms with Crippen LogP contribution in [-0.2, 0) is 4.74 Å². The number of halogens is 3. The van der Waals surface area contributed by atoms with Gasteiger partial charge in [-0.15, -0.1) is 0 Å². The maximum atomic E-state index is 12.5. The molecule has 0 radical (unpaired) electrons. The van der Waals surface area contributed by atoms with Gasteiger partial charge in [-0.3, -0.25) is 9.36 Å². The summed E-state index contributed by atoms with van der Waals surface area (Å²) in [6, 6.07) is 7.74. The molecule has 3 rings (SSSR count). The Bertz CT molecular complexity index is 1120. The predicted octanol–water partition coefficient (Wildman–Crippen LogP) is 3.12. The molecule has 31 heavy (non-hydrogen) atoms. The second-order valence-electron chi connectivity index (χ2n) is 6.33. The number of methoxy groups -OCH3 is 3. The van der Waals surface area contributed by atoms with Crippen molar-refractivity contribution in [1.29, 1.82) is 0 Å². The zero-order chi connectivity index (χ0) is 22.8. The van der Waals surface area contributed by atoms with E-state index >= 15 is 0 Å². The van der Waals surface area contributed by atoms with Crippen molar-refractivity contribution in [2.45, 2.75) is 6.18 Å². The Morgan fingerprint density at radius 1 is 1.06 bits per heavy atom. The second-order valence-corrected chi connectivity index (χ2v) is 6.33. The third-order valence-corrected chi connectivity index (χ3v) is 4.41. The van der Waals surface area contributed by atoms with Crippen molar-refractivity contribution < 1.29 is 37.0 Å². The van der Waals surface area contributed by atoms with Crippen molar-refractivity contribution >= 4 is 22.9 Å². The van der Waals surface area contributed by atoms with Gasteiger partial charge in [0.15, 0.2) is 0 Å². The van der Waals surface area contributed by atoms with Gasteiger partial charge in [-0.05, 0) is 18.2 Å². The Morgan fingerprint density at radius 3 is 2.26 bits per heavy atom. The monoisotopic (exact) mass is 437 g/mol. The fourth-order valence-electron chi connectivity index (χ4n) is 2.99. The van der Waals surface area contributed by atoms with Crippen molar-refractivity contribution in [3.63, 3.8) is 0 Å². The molecule has 0 saturated heterocycles. The van der Waals surface area contributed by atoms with Crippen LogP contribution in [0.2, 0.25) is 0 Å². The number of alkyl halides is 3. The molecule has 0 atom stereocenters. The van der Waals surface area contributed by atoms with E-state index in [9.17, 15) is 22.8 Å². The fourth-order valence-corrected chi connectivity index (χ4v) is 2.99. The van der Waals surface area contributed by atoms with E-state index in [-0.39, 0.29) is 17.1 Å². The highest BCUT2D eigenvalue weighted by Gasteiger charge is 2.30. The average Bonchev–Trinajstić information content (AvgIpc) is 3.18. The van der Waals surface area contributed by atoms with Gasteiger partial charge in [0.1, 0.15) is 29.9 Å². The molecule has 1 amide bonds. The van der Waals surface area contributed by atoms with Crippen molar-refractivity contribution in [3.8, 4) is 17.2 Å². The molecule has 11 heteroatoms. The minimum absolute atomic E-state index is 0.0158. The van der Waals surface area contributed by atoms with Crippen molar-refractivity contribution in [1.82, 2.24) is 14.9 Å². The molecule has 0 saturated carbocycles. The number of amides is 1. The smallest absolute Gasteiger partial charge is 0.405 e. The van der Waals surface area contributed by atoms with E-state index in [0.717, 1.165) is 0 Å². The summed E-state index contributed by atoms with van der Waals surface area (Å²) in [5, 5.41) is 1.81. The van der Waals surface area contributed by atoms with Gasteiger partial charge in [0.2, 0.25) is 0 Å². The number of carbonyl (C=O) groups is 2. The van der Waals surface area contributed by atoms with Gasteiger partial charge >= 0.3 is 12.1 Å². The first-order valence-corrected chi connectivity index (χ1v) is 8.85. The van der Waals surface area contributed by atoms with E-state index in [0.29, 0.717) is 22.3 Å². The van der Waals surface area contributed by atoms with E-state index in [2.05, 4.69) is 4.98 Å². The summed E-state index contributed by atoms with van der Waals surface area (Å²) in [7, 11) is 3.84. The van der Waals surface area contributed by atoms with Gasteiger partial charge in [0.25, 0.3) is 5.91 Å². The molecule has 0 aliphatic heterocycles.